The van der Waals surface area contributed by atoms with Gasteiger partial charge < -0.3 is 15.1 Å². The summed E-state index contributed by atoms with van der Waals surface area (Å²) in [6, 6.07) is 16.7. The van der Waals surface area contributed by atoms with Crippen molar-refractivity contribution >= 4 is 17.5 Å². The van der Waals surface area contributed by atoms with Crippen molar-refractivity contribution in [3.8, 4) is 22.4 Å². The predicted octanol–water partition coefficient (Wildman–Crippen LogP) is 3.75. The van der Waals surface area contributed by atoms with E-state index in [1.807, 2.05) is 48.5 Å². The van der Waals surface area contributed by atoms with Gasteiger partial charge in [-0.05, 0) is 35.7 Å². The van der Waals surface area contributed by atoms with Gasteiger partial charge >= 0.3 is 0 Å². The summed E-state index contributed by atoms with van der Waals surface area (Å²) in [6.45, 7) is 1.62. The van der Waals surface area contributed by atoms with Gasteiger partial charge in [0.15, 0.2) is 0 Å². The highest BCUT2D eigenvalue weighted by molar-refractivity contribution is 6.31. The number of rotatable bonds is 3. The number of nitrogens with one attached hydrogen (secondary N) is 1. The number of halogens is 1. The molecule has 3 heterocycles. The van der Waals surface area contributed by atoms with E-state index in [-0.39, 0.29) is 17.6 Å². The number of methoxy groups -OCH3 is 1. The van der Waals surface area contributed by atoms with Gasteiger partial charge in [-0.25, -0.2) is 4.68 Å². The minimum Gasteiger partial charge on any atom is -0.380 e. The summed E-state index contributed by atoms with van der Waals surface area (Å²) in [6.07, 6.45) is 0.823. The third kappa shape index (κ3) is 3.42. The van der Waals surface area contributed by atoms with Crippen LogP contribution in [0.4, 0.5) is 0 Å². The Morgan fingerprint density at radius 1 is 1.13 bits per heavy atom. The van der Waals surface area contributed by atoms with Crippen molar-refractivity contribution in [2.24, 2.45) is 0 Å². The van der Waals surface area contributed by atoms with Gasteiger partial charge in [0.25, 0.3) is 11.5 Å². The van der Waals surface area contributed by atoms with Gasteiger partial charge in [0.2, 0.25) is 0 Å². The highest BCUT2D eigenvalue weighted by Gasteiger charge is 2.32. The lowest BCUT2D eigenvalue weighted by Crippen LogP contribution is -2.38. The fraction of sp³-hybridized carbons (Fsp3) is 0.250. The molecule has 6 nitrogen and oxygen atoms in total. The topological polar surface area (TPSA) is 63.6 Å². The van der Waals surface area contributed by atoms with E-state index < -0.39 is 0 Å². The first-order chi connectivity index (χ1) is 15.1. The molecule has 0 radical (unpaired) electrons. The number of aromatic nitrogens is 1. The molecule has 3 aromatic rings. The second-order valence-electron chi connectivity index (χ2n) is 7.86. The van der Waals surface area contributed by atoms with Crippen LogP contribution in [0.25, 0.3) is 22.4 Å². The number of pyridine rings is 1. The zero-order valence-electron chi connectivity index (χ0n) is 17.1. The molecule has 1 fully saturated rings. The van der Waals surface area contributed by atoms with Crippen LogP contribution in [0.2, 0.25) is 5.02 Å². The average Bonchev–Trinajstić information content (AvgIpc) is 3.29. The molecule has 31 heavy (non-hydrogen) atoms. The molecule has 2 aromatic carbocycles. The highest BCUT2D eigenvalue weighted by atomic mass is 35.5. The summed E-state index contributed by atoms with van der Waals surface area (Å²) in [5.41, 5.74) is 7.06. The number of hydrogen-bond donors (Lipinski definition) is 1. The summed E-state index contributed by atoms with van der Waals surface area (Å²) in [7, 11) is 1.66. The van der Waals surface area contributed by atoms with Crippen LogP contribution in [0.3, 0.4) is 0 Å². The summed E-state index contributed by atoms with van der Waals surface area (Å²) in [4.78, 5) is 28.9. The summed E-state index contributed by atoms with van der Waals surface area (Å²) >= 11 is 6.29. The first-order valence-corrected chi connectivity index (χ1v) is 10.6. The zero-order chi connectivity index (χ0) is 21.5. The number of nitrogens with zero attached hydrogens (tertiary/aromatic N) is 2. The number of carbonyl (C=O) groups excluding carboxylic acids is 1. The Labute approximate surface area is 185 Å². The first-order valence-electron chi connectivity index (χ1n) is 10.3. The molecule has 5 rings (SSSR count). The molecule has 1 aromatic heterocycles. The van der Waals surface area contributed by atoms with E-state index in [1.54, 1.807) is 18.1 Å². The zero-order valence-corrected chi connectivity index (χ0v) is 17.9. The lowest BCUT2D eigenvalue weighted by Gasteiger charge is -2.28. The Hall–Kier alpha value is -3.09. The van der Waals surface area contributed by atoms with Crippen LogP contribution >= 0.6 is 11.6 Å². The minimum absolute atomic E-state index is 0.0275. The van der Waals surface area contributed by atoms with E-state index in [0.717, 1.165) is 23.1 Å². The lowest BCUT2D eigenvalue weighted by atomic mass is 9.95. The molecule has 2 aliphatic rings. The number of carbonyl (C=O) groups is 1. The maximum absolute atomic E-state index is 13.7. The second-order valence-corrected chi connectivity index (χ2v) is 8.30. The Morgan fingerprint density at radius 3 is 2.68 bits per heavy atom. The van der Waals surface area contributed by atoms with Gasteiger partial charge in [0.1, 0.15) is 0 Å². The highest BCUT2D eigenvalue weighted by Crippen LogP contribution is 2.34. The number of likely N-dealkylation sites (tertiary alicyclic amines) is 1. The van der Waals surface area contributed by atoms with E-state index in [2.05, 4.69) is 5.43 Å². The molecule has 0 bridgehead atoms. The van der Waals surface area contributed by atoms with Crippen molar-refractivity contribution < 1.29 is 9.53 Å². The number of benzene rings is 2. The smallest absolute Gasteiger partial charge is 0.277 e. The van der Waals surface area contributed by atoms with Crippen molar-refractivity contribution in [1.29, 1.82) is 0 Å². The van der Waals surface area contributed by atoms with Gasteiger partial charge in [-0.15, -0.1) is 0 Å². The summed E-state index contributed by atoms with van der Waals surface area (Å²) in [5, 5.41) is 0.561. The molecule has 7 heteroatoms. The van der Waals surface area contributed by atoms with Crippen molar-refractivity contribution in [3.63, 3.8) is 0 Å². The van der Waals surface area contributed by atoms with Gasteiger partial charge in [-0.1, -0.05) is 48.0 Å². The average molecular weight is 436 g/mol. The fourth-order valence-corrected chi connectivity index (χ4v) is 4.56. The van der Waals surface area contributed by atoms with Gasteiger partial charge in [0.05, 0.1) is 23.9 Å². The molecular formula is C24H22ClN3O3. The number of ether oxygens (including phenoxy) is 1. The molecule has 158 valence electrons. The number of hydrogen-bond acceptors (Lipinski definition) is 4. The van der Waals surface area contributed by atoms with Crippen LogP contribution < -0.4 is 11.0 Å². The van der Waals surface area contributed by atoms with Crippen LogP contribution in [0.15, 0.2) is 59.4 Å². The minimum atomic E-state index is -0.195. The third-order valence-corrected chi connectivity index (χ3v) is 6.27. The molecule has 0 spiro atoms. The van der Waals surface area contributed by atoms with E-state index in [9.17, 15) is 9.59 Å². The van der Waals surface area contributed by atoms with Gasteiger partial charge in [-0.3, -0.25) is 9.59 Å². The molecule has 0 saturated carbocycles. The van der Waals surface area contributed by atoms with Crippen molar-refractivity contribution in [2.75, 3.05) is 25.6 Å². The van der Waals surface area contributed by atoms with Gasteiger partial charge in [-0.2, -0.15) is 0 Å². The molecule has 0 aliphatic carbocycles. The largest absolute Gasteiger partial charge is 0.380 e. The number of amides is 1. The van der Waals surface area contributed by atoms with Crippen LogP contribution in [0.1, 0.15) is 22.3 Å². The van der Waals surface area contributed by atoms with Crippen LogP contribution in [-0.2, 0) is 11.3 Å². The lowest BCUT2D eigenvalue weighted by molar-refractivity contribution is 0.0724. The fourth-order valence-electron chi connectivity index (χ4n) is 4.38. The van der Waals surface area contributed by atoms with E-state index >= 15 is 0 Å². The monoisotopic (exact) mass is 435 g/mol. The second kappa shape index (κ2) is 7.87. The Morgan fingerprint density at radius 2 is 1.94 bits per heavy atom. The molecule has 1 N–H and O–H groups in total. The summed E-state index contributed by atoms with van der Waals surface area (Å²) < 4.78 is 6.94. The molecule has 0 unspecified atom stereocenters. The van der Waals surface area contributed by atoms with Crippen LogP contribution in [0.5, 0.6) is 0 Å². The maximum atomic E-state index is 13.7. The SMILES string of the molecule is CO[C@@H]1CCN(C(=O)c2cc(-c3ccccc3)c(=O)n3c2-c2cc(Cl)ccc2CN3)C1. The molecule has 1 atom stereocenters. The maximum Gasteiger partial charge on any atom is 0.277 e. The van der Waals surface area contributed by atoms with Crippen molar-refractivity contribution in [3.05, 3.63) is 81.1 Å². The van der Waals surface area contributed by atoms with Crippen molar-refractivity contribution in [1.82, 2.24) is 9.58 Å². The van der Waals surface area contributed by atoms with Crippen molar-refractivity contribution in [2.45, 2.75) is 19.1 Å². The third-order valence-electron chi connectivity index (χ3n) is 6.04. The van der Waals surface area contributed by atoms with E-state index in [1.165, 1.54) is 4.68 Å². The van der Waals surface area contributed by atoms with Crippen LogP contribution in [-0.4, -0.2) is 41.8 Å². The van der Waals surface area contributed by atoms with E-state index in [0.29, 0.717) is 41.5 Å². The molecule has 1 amide bonds. The quantitative estimate of drug-likeness (QED) is 0.680. The molecular weight excluding hydrogens is 414 g/mol. The van der Waals surface area contributed by atoms with Crippen LogP contribution in [0, 0.1) is 0 Å². The Bertz CT molecular complexity index is 1220. The number of fused-ring (bicyclic) bond motifs is 3. The normalized spacial score (nSPS) is 17.1. The Kier molecular flexibility index (Phi) is 5.04. The molecule has 2 aliphatic heterocycles. The molecule has 1 saturated heterocycles. The van der Waals surface area contributed by atoms with Gasteiger partial charge in [0, 0.05) is 36.3 Å². The first kappa shape index (κ1) is 19.8. The standard InChI is InChI=1S/C24H22ClN3O3/c1-31-18-9-10-27(14-18)23(29)21-12-20(15-5-3-2-4-6-15)24(30)28-22(21)19-11-17(25)8-7-16(19)13-26-28/h2-8,11-12,18,26H,9-10,13-14H2,1H3/t18-/m1/s1. The predicted molar refractivity (Wildman–Crippen MR) is 121 cm³/mol. The summed E-state index contributed by atoms with van der Waals surface area (Å²) in [5.74, 6) is -0.116. The Balaban J connectivity index is 1.74. The van der Waals surface area contributed by atoms with E-state index in [4.69, 9.17) is 16.3 Å².